The van der Waals surface area contributed by atoms with E-state index in [1.807, 2.05) is 12.1 Å². The Kier molecular flexibility index (Phi) is 7.57. The topological polar surface area (TPSA) is 133 Å². The standard InChI is InChI=1S/C22H22FN3O7/c1-31-19(27)12-24-11-13-3-5-14(6-4-13)21-16(7-8-26(29)30)20-17(25-21)9-15(23)10-18(20)33-22(28)32-2/h3-6,9-10,24-25H,7-8,11-12H2,1-2H3. The minimum absolute atomic E-state index is 0.0218. The first-order valence-electron chi connectivity index (χ1n) is 9.91. The van der Waals surface area contributed by atoms with Crippen molar-refractivity contribution in [1.29, 1.82) is 0 Å². The summed E-state index contributed by atoms with van der Waals surface area (Å²) in [4.78, 5) is 36.5. The zero-order valence-corrected chi connectivity index (χ0v) is 18.0. The van der Waals surface area contributed by atoms with Crippen molar-refractivity contribution in [1.82, 2.24) is 10.3 Å². The van der Waals surface area contributed by atoms with Gasteiger partial charge in [-0.15, -0.1) is 0 Å². The number of ether oxygens (including phenoxy) is 3. The van der Waals surface area contributed by atoms with E-state index in [9.17, 15) is 24.1 Å². The van der Waals surface area contributed by atoms with Crippen molar-refractivity contribution in [3.05, 3.63) is 63.5 Å². The monoisotopic (exact) mass is 459 g/mol. The molecule has 3 aromatic rings. The van der Waals surface area contributed by atoms with Gasteiger partial charge in [-0.05, 0) is 22.8 Å². The molecule has 0 unspecified atom stereocenters. The number of nitro groups is 1. The van der Waals surface area contributed by atoms with Crippen LogP contribution in [0.3, 0.4) is 0 Å². The van der Waals surface area contributed by atoms with Gasteiger partial charge < -0.3 is 24.5 Å². The number of H-pyrrole nitrogens is 1. The summed E-state index contributed by atoms with van der Waals surface area (Å²) in [6.07, 6.45) is -1.01. The average molecular weight is 459 g/mol. The zero-order chi connectivity index (χ0) is 24.0. The summed E-state index contributed by atoms with van der Waals surface area (Å²) in [5.41, 5.74) is 2.97. The Morgan fingerprint density at radius 1 is 1.15 bits per heavy atom. The van der Waals surface area contributed by atoms with Crippen LogP contribution in [0.15, 0.2) is 36.4 Å². The minimum atomic E-state index is -1.03. The molecule has 33 heavy (non-hydrogen) atoms. The van der Waals surface area contributed by atoms with Gasteiger partial charge in [0.15, 0.2) is 0 Å². The number of aromatic nitrogens is 1. The van der Waals surface area contributed by atoms with Crippen LogP contribution >= 0.6 is 0 Å². The van der Waals surface area contributed by atoms with Crippen LogP contribution in [-0.2, 0) is 27.2 Å². The summed E-state index contributed by atoms with van der Waals surface area (Å²) in [5.74, 6) is -1.12. The molecule has 0 fully saturated rings. The lowest BCUT2D eigenvalue weighted by Crippen LogP contribution is -2.23. The number of carbonyl (C=O) groups excluding carboxylic acids is 2. The molecule has 10 nitrogen and oxygen atoms in total. The van der Waals surface area contributed by atoms with E-state index in [1.54, 1.807) is 12.1 Å². The van der Waals surface area contributed by atoms with Crippen molar-refractivity contribution in [2.24, 2.45) is 0 Å². The molecule has 0 aliphatic rings. The number of benzene rings is 2. The normalized spacial score (nSPS) is 10.8. The molecule has 0 bridgehead atoms. The second kappa shape index (κ2) is 10.6. The van der Waals surface area contributed by atoms with Gasteiger partial charge in [0.2, 0.25) is 6.54 Å². The second-order valence-electron chi connectivity index (χ2n) is 7.04. The number of hydrogen-bond acceptors (Lipinski definition) is 8. The molecule has 0 radical (unpaired) electrons. The molecule has 11 heteroatoms. The van der Waals surface area contributed by atoms with Gasteiger partial charge in [-0.25, -0.2) is 9.18 Å². The number of hydrogen-bond donors (Lipinski definition) is 2. The molecule has 2 N–H and O–H groups in total. The Morgan fingerprint density at radius 3 is 2.52 bits per heavy atom. The third-order valence-corrected chi connectivity index (χ3v) is 4.90. The molecule has 0 amide bonds. The summed E-state index contributed by atoms with van der Waals surface area (Å²) >= 11 is 0. The van der Waals surface area contributed by atoms with Crippen molar-refractivity contribution < 1.29 is 33.1 Å². The van der Waals surface area contributed by atoms with Crippen molar-refractivity contribution in [2.45, 2.75) is 13.0 Å². The van der Waals surface area contributed by atoms with E-state index >= 15 is 0 Å². The molecular weight excluding hydrogens is 437 g/mol. The molecule has 0 aliphatic carbocycles. The number of nitrogens with zero attached hydrogens (tertiary/aromatic N) is 1. The number of halogens is 1. The first kappa shape index (κ1) is 23.7. The van der Waals surface area contributed by atoms with Gasteiger partial charge in [0.05, 0.1) is 32.0 Å². The van der Waals surface area contributed by atoms with Crippen LogP contribution in [0.1, 0.15) is 11.1 Å². The molecule has 0 aliphatic heterocycles. The summed E-state index contributed by atoms with van der Waals surface area (Å²) in [5, 5.41) is 14.4. The first-order valence-corrected chi connectivity index (χ1v) is 9.91. The first-order chi connectivity index (χ1) is 15.8. The number of esters is 1. The van der Waals surface area contributed by atoms with Crippen LogP contribution in [0.5, 0.6) is 5.75 Å². The Hall–Kier alpha value is -3.99. The van der Waals surface area contributed by atoms with E-state index in [0.717, 1.165) is 18.7 Å². The van der Waals surface area contributed by atoms with Crippen molar-refractivity contribution in [2.75, 3.05) is 27.3 Å². The lowest BCUT2D eigenvalue weighted by molar-refractivity contribution is -0.479. The van der Waals surface area contributed by atoms with Crippen LogP contribution in [0.2, 0.25) is 0 Å². The Labute approximate surface area is 187 Å². The lowest BCUT2D eigenvalue weighted by atomic mass is 10.0. The van der Waals surface area contributed by atoms with Gasteiger partial charge in [0, 0.05) is 29.3 Å². The highest BCUT2D eigenvalue weighted by molar-refractivity contribution is 5.96. The highest BCUT2D eigenvalue weighted by Crippen LogP contribution is 2.37. The number of nitrogens with one attached hydrogen (secondary N) is 2. The summed E-state index contributed by atoms with van der Waals surface area (Å²) in [6.45, 7) is 0.128. The van der Waals surface area contributed by atoms with Gasteiger partial charge in [0.1, 0.15) is 11.6 Å². The molecule has 0 saturated carbocycles. The van der Waals surface area contributed by atoms with E-state index in [-0.39, 0.29) is 31.2 Å². The maximum absolute atomic E-state index is 14.2. The lowest BCUT2D eigenvalue weighted by Gasteiger charge is -2.08. The smallest absolute Gasteiger partial charge is 0.468 e. The number of aromatic amines is 1. The SMILES string of the molecule is COC(=O)CNCc1ccc(-c2[nH]c3cc(F)cc(OC(=O)OC)c3c2CC[N+](=O)[O-])cc1. The van der Waals surface area contributed by atoms with E-state index in [0.29, 0.717) is 34.3 Å². The summed E-state index contributed by atoms with van der Waals surface area (Å²) in [6, 6.07) is 9.51. The number of rotatable bonds is 9. The van der Waals surface area contributed by atoms with Crippen molar-refractivity contribution >= 4 is 23.0 Å². The van der Waals surface area contributed by atoms with Gasteiger partial charge in [-0.3, -0.25) is 14.9 Å². The molecule has 0 atom stereocenters. The maximum Gasteiger partial charge on any atom is 0.513 e. The third-order valence-electron chi connectivity index (χ3n) is 4.90. The van der Waals surface area contributed by atoms with Gasteiger partial charge in [0.25, 0.3) is 0 Å². The predicted octanol–water partition coefficient (Wildman–Crippen LogP) is 3.20. The predicted molar refractivity (Wildman–Crippen MR) is 116 cm³/mol. The van der Waals surface area contributed by atoms with Crippen molar-refractivity contribution in [3.8, 4) is 17.0 Å². The van der Waals surface area contributed by atoms with Crippen LogP contribution < -0.4 is 10.1 Å². The molecule has 1 aromatic heterocycles. The van der Waals surface area contributed by atoms with Gasteiger partial charge in [-0.1, -0.05) is 24.3 Å². The fourth-order valence-electron chi connectivity index (χ4n) is 3.41. The van der Waals surface area contributed by atoms with Crippen LogP contribution in [0, 0.1) is 15.9 Å². The van der Waals surface area contributed by atoms with Crippen molar-refractivity contribution in [3.63, 3.8) is 0 Å². The Bertz CT molecular complexity index is 1170. The minimum Gasteiger partial charge on any atom is -0.468 e. The Morgan fingerprint density at radius 2 is 1.88 bits per heavy atom. The Balaban J connectivity index is 1.99. The molecule has 0 saturated heterocycles. The largest absolute Gasteiger partial charge is 0.513 e. The van der Waals surface area contributed by atoms with Crippen LogP contribution in [0.25, 0.3) is 22.2 Å². The molecular formula is C22H22FN3O7. The third kappa shape index (κ3) is 5.83. The molecule has 2 aromatic carbocycles. The highest BCUT2D eigenvalue weighted by atomic mass is 19.1. The quantitative estimate of drug-likeness (QED) is 0.216. The van der Waals surface area contributed by atoms with Gasteiger partial charge in [-0.2, -0.15) is 0 Å². The number of carbonyl (C=O) groups is 2. The zero-order valence-electron chi connectivity index (χ0n) is 18.0. The second-order valence-corrected chi connectivity index (χ2v) is 7.04. The van der Waals surface area contributed by atoms with Crippen LogP contribution in [0.4, 0.5) is 9.18 Å². The molecule has 0 spiro atoms. The summed E-state index contributed by atoms with van der Waals surface area (Å²) in [7, 11) is 2.43. The van der Waals surface area contributed by atoms with E-state index < -0.39 is 16.9 Å². The molecule has 3 rings (SSSR count). The summed E-state index contributed by atoms with van der Waals surface area (Å²) < 4.78 is 28.4. The molecule has 1 heterocycles. The number of fused-ring (bicyclic) bond motifs is 1. The maximum atomic E-state index is 14.2. The fourth-order valence-corrected chi connectivity index (χ4v) is 3.41. The van der Waals surface area contributed by atoms with E-state index in [1.165, 1.54) is 13.2 Å². The van der Waals surface area contributed by atoms with E-state index in [2.05, 4.69) is 19.8 Å². The molecule has 174 valence electrons. The number of methoxy groups -OCH3 is 2. The van der Waals surface area contributed by atoms with Gasteiger partial charge >= 0.3 is 12.1 Å². The van der Waals surface area contributed by atoms with E-state index in [4.69, 9.17) is 4.74 Å². The average Bonchev–Trinajstić information content (AvgIpc) is 3.16. The highest BCUT2D eigenvalue weighted by Gasteiger charge is 2.21. The fraction of sp³-hybridized carbons (Fsp3) is 0.273. The van der Waals surface area contributed by atoms with Crippen LogP contribution in [-0.4, -0.2) is 49.3 Å².